The minimum atomic E-state index is -0.806. The molecule has 4 heteroatoms. The Balaban J connectivity index is 2.37. The SMILES string of the molecule is Cc1ccccc1-c1nc(C(C)CC(=O)O)[nH]c1C. The number of rotatable bonds is 4. The number of aromatic amines is 1. The highest BCUT2D eigenvalue weighted by Crippen LogP contribution is 2.27. The summed E-state index contributed by atoms with van der Waals surface area (Å²) < 4.78 is 0. The molecule has 2 rings (SSSR count). The van der Waals surface area contributed by atoms with Crippen LogP contribution in [0.2, 0.25) is 0 Å². The second-order valence-corrected chi connectivity index (χ2v) is 4.91. The third kappa shape index (κ3) is 2.84. The Morgan fingerprint density at radius 1 is 1.37 bits per heavy atom. The first-order chi connectivity index (χ1) is 8.99. The summed E-state index contributed by atoms with van der Waals surface area (Å²) in [5.41, 5.74) is 4.13. The van der Waals surface area contributed by atoms with E-state index in [-0.39, 0.29) is 12.3 Å². The Morgan fingerprint density at radius 2 is 2.05 bits per heavy atom. The van der Waals surface area contributed by atoms with Gasteiger partial charge in [0.25, 0.3) is 0 Å². The highest BCUT2D eigenvalue weighted by molar-refractivity contribution is 5.68. The maximum absolute atomic E-state index is 10.8. The predicted octanol–water partition coefficient (Wildman–Crippen LogP) is 3.27. The number of carboxylic acids is 1. The van der Waals surface area contributed by atoms with E-state index in [0.29, 0.717) is 0 Å². The van der Waals surface area contributed by atoms with Gasteiger partial charge in [0, 0.05) is 17.2 Å². The molecule has 2 N–H and O–H groups in total. The van der Waals surface area contributed by atoms with Crippen molar-refractivity contribution in [2.45, 2.75) is 33.1 Å². The van der Waals surface area contributed by atoms with Gasteiger partial charge in [-0.3, -0.25) is 4.79 Å². The van der Waals surface area contributed by atoms with Crippen molar-refractivity contribution >= 4 is 5.97 Å². The molecule has 1 atom stereocenters. The van der Waals surface area contributed by atoms with Crippen molar-refractivity contribution in [3.8, 4) is 11.3 Å². The minimum Gasteiger partial charge on any atom is -0.481 e. The van der Waals surface area contributed by atoms with Crippen LogP contribution in [0.3, 0.4) is 0 Å². The molecule has 1 aromatic heterocycles. The van der Waals surface area contributed by atoms with Crippen molar-refractivity contribution in [1.29, 1.82) is 0 Å². The average molecular weight is 258 g/mol. The molecule has 4 nitrogen and oxygen atoms in total. The third-order valence-electron chi connectivity index (χ3n) is 3.25. The Kier molecular flexibility index (Phi) is 3.69. The van der Waals surface area contributed by atoms with Gasteiger partial charge in [-0.25, -0.2) is 4.98 Å². The van der Waals surface area contributed by atoms with Gasteiger partial charge >= 0.3 is 5.97 Å². The highest BCUT2D eigenvalue weighted by atomic mass is 16.4. The summed E-state index contributed by atoms with van der Waals surface area (Å²) in [6, 6.07) is 8.06. The largest absolute Gasteiger partial charge is 0.481 e. The zero-order valence-corrected chi connectivity index (χ0v) is 11.4. The first-order valence-corrected chi connectivity index (χ1v) is 6.33. The second-order valence-electron chi connectivity index (χ2n) is 4.91. The third-order valence-corrected chi connectivity index (χ3v) is 3.25. The molecule has 0 saturated carbocycles. The van der Waals surface area contributed by atoms with E-state index in [4.69, 9.17) is 5.11 Å². The lowest BCUT2D eigenvalue weighted by atomic mass is 10.0. The number of H-pyrrole nitrogens is 1. The summed E-state index contributed by atoms with van der Waals surface area (Å²) in [5.74, 6) is -0.189. The molecule has 0 saturated heterocycles. The van der Waals surface area contributed by atoms with Gasteiger partial charge in [0.05, 0.1) is 12.1 Å². The Morgan fingerprint density at radius 3 is 2.68 bits per heavy atom. The van der Waals surface area contributed by atoms with Crippen LogP contribution in [0.4, 0.5) is 0 Å². The number of hydrogen-bond donors (Lipinski definition) is 2. The van der Waals surface area contributed by atoms with Gasteiger partial charge in [-0.05, 0) is 19.4 Å². The standard InChI is InChI=1S/C15H18N2O2/c1-9-6-4-5-7-12(9)14-11(3)16-15(17-14)10(2)8-13(18)19/h4-7,10H,8H2,1-3H3,(H,16,17)(H,18,19). The molecule has 1 aromatic carbocycles. The molecule has 100 valence electrons. The molecule has 0 fully saturated rings. The second kappa shape index (κ2) is 5.26. The van der Waals surface area contributed by atoms with Gasteiger partial charge in [-0.2, -0.15) is 0 Å². The van der Waals surface area contributed by atoms with Gasteiger partial charge in [0.15, 0.2) is 0 Å². The van der Waals surface area contributed by atoms with Crippen LogP contribution in [0, 0.1) is 13.8 Å². The molecule has 2 aromatic rings. The summed E-state index contributed by atoms with van der Waals surface area (Å²) in [6.45, 7) is 5.88. The van der Waals surface area contributed by atoms with Gasteiger partial charge in [0.2, 0.25) is 0 Å². The zero-order valence-electron chi connectivity index (χ0n) is 11.4. The van der Waals surface area contributed by atoms with Crippen LogP contribution in [0.1, 0.15) is 36.3 Å². The van der Waals surface area contributed by atoms with E-state index >= 15 is 0 Å². The van der Waals surface area contributed by atoms with Gasteiger partial charge in [-0.15, -0.1) is 0 Å². The van der Waals surface area contributed by atoms with E-state index < -0.39 is 5.97 Å². The van der Waals surface area contributed by atoms with Crippen molar-refractivity contribution in [2.24, 2.45) is 0 Å². The monoisotopic (exact) mass is 258 g/mol. The highest BCUT2D eigenvalue weighted by Gasteiger charge is 2.17. The molecule has 0 aliphatic heterocycles. The van der Waals surface area contributed by atoms with Gasteiger partial charge in [0.1, 0.15) is 5.82 Å². The summed E-state index contributed by atoms with van der Waals surface area (Å²) in [4.78, 5) is 18.5. The lowest BCUT2D eigenvalue weighted by Gasteiger charge is -2.04. The average Bonchev–Trinajstić information content (AvgIpc) is 2.71. The normalized spacial score (nSPS) is 12.4. The maximum Gasteiger partial charge on any atom is 0.304 e. The number of hydrogen-bond acceptors (Lipinski definition) is 2. The van der Waals surface area contributed by atoms with Gasteiger partial charge < -0.3 is 10.1 Å². The van der Waals surface area contributed by atoms with Crippen molar-refractivity contribution < 1.29 is 9.90 Å². The van der Waals surface area contributed by atoms with Crippen molar-refractivity contribution in [3.63, 3.8) is 0 Å². The van der Waals surface area contributed by atoms with E-state index in [1.54, 1.807) is 0 Å². The first-order valence-electron chi connectivity index (χ1n) is 6.33. The number of nitrogens with one attached hydrogen (secondary N) is 1. The van der Waals surface area contributed by atoms with Crippen LogP contribution < -0.4 is 0 Å². The molecule has 0 aliphatic rings. The number of carboxylic acid groups (broad SMARTS) is 1. The Hall–Kier alpha value is -2.10. The smallest absolute Gasteiger partial charge is 0.304 e. The molecule has 0 spiro atoms. The Bertz CT molecular complexity index is 602. The predicted molar refractivity (Wildman–Crippen MR) is 74.2 cm³/mol. The number of imidazole rings is 1. The molecule has 1 heterocycles. The van der Waals surface area contributed by atoms with E-state index in [9.17, 15) is 4.79 Å². The summed E-state index contributed by atoms with van der Waals surface area (Å²) in [7, 11) is 0. The number of aromatic nitrogens is 2. The fourth-order valence-corrected chi connectivity index (χ4v) is 2.18. The molecule has 0 radical (unpaired) electrons. The fraction of sp³-hybridized carbons (Fsp3) is 0.333. The topological polar surface area (TPSA) is 66.0 Å². The number of nitrogens with zero attached hydrogens (tertiary/aromatic N) is 1. The van der Waals surface area contributed by atoms with E-state index in [1.165, 1.54) is 0 Å². The molecule has 0 bridgehead atoms. The number of aliphatic carboxylic acids is 1. The number of carbonyl (C=O) groups is 1. The lowest BCUT2D eigenvalue weighted by molar-refractivity contribution is -0.137. The Labute approximate surface area is 112 Å². The molecule has 0 aliphatic carbocycles. The summed E-state index contributed by atoms with van der Waals surface area (Å²) >= 11 is 0. The minimum absolute atomic E-state index is 0.0835. The molecule has 0 amide bonds. The van der Waals surface area contributed by atoms with Crippen molar-refractivity contribution in [3.05, 3.63) is 41.3 Å². The van der Waals surface area contributed by atoms with Crippen molar-refractivity contribution in [2.75, 3.05) is 0 Å². The molecular weight excluding hydrogens is 240 g/mol. The summed E-state index contributed by atoms with van der Waals surface area (Å²) in [6.07, 6.45) is 0.0835. The van der Waals surface area contributed by atoms with E-state index in [0.717, 1.165) is 28.3 Å². The van der Waals surface area contributed by atoms with Crippen LogP contribution in [0.25, 0.3) is 11.3 Å². The summed E-state index contributed by atoms with van der Waals surface area (Å²) in [5, 5.41) is 8.84. The number of benzene rings is 1. The van der Waals surface area contributed by atoms with Crippen LogP contribution in [0.5, 0.6) is 0 Å². The molecule has 19 heavy (non-hydrogen) atoms. The zero-order chi connectivity index (χ0) is 14.0. The van der Waals surface area contributed by atoms with Crippen LogP contribution >= 0.6 is 0 Å². The fourth-order valence-electron chi connectivity index (χ4n) is 2.18. The molecule has 1 unspecified atom stereocenters. The maximum atomic E-state index is 10.8. The quantitative estimate of drug-likeness (QED) is 0.884. The van der Waals surface area contributed by atoms with Gasteiger partial charge in [-0.1, -0.05) is 31.2 Å². The first kappa shape index (κ1) is 13.3. The van der Waals surface area contributed by atoms with E-state index in [2.05, 4.69) is 9.97 Å². The lowest BCUT2D eigenvalue weighted by Crippen LogP contribution is -2.04. The number of aryl methyl sites for hydroxylation is 2. The van der Waals surface area contributed by atoms with Crippen molar-refractivity contribution in [1.82, 2.24) is 9.97 Å². The van der Waals surface area contributed by atoms with Crippen LogP contribution in [-0.4, -0.2) is 21.0 Å². The molecular formula is C15H18N2O2. The van der Waals surface area contributed by atoms with Crippen LogP contribution in [-0.2, 0) is 4.79 Å². The van der Waals surface area contributed by atoms with E-state index in [1.807, 2.05) is 45.0 Å². The van der Waals surface area contributed by atoms with Crippen LogP contribution in [0.15, 0.2) is 24.3 Å².